The van der Waals surface area contributed by atoms with Gasteiger partial charge in [-0.3, -0.25) is 0 Å². The number of anilines is 4. The van der Waals surface area contributed by atoms with E-state index in [0.717, 1.165) is 24.1 Å². The van der Waals surface area contributed by atoms with Crippen molar-refractivity contribution in [3.05, 3.63) is 46.7 Å². The Bertz CT molecular complexity index is 629. The van der Waals surface area contributed by atoms with E-state index in [0.29, 0.717) is 0 Å². The van der Waals surface area contributed by atoms with E-state index in [9.17, 15) is 4.39 Å². The van der Waals surface area contributed by atoms with Crippen molar-refractivity contribution in [1.82, 2.24) is 0 Å². The van der Waals surface area contributed by atoms with Crippen molar-refractivity contribution in [2.45, 2.75) is 19.8 Å². The highest BCUT2D eigenvalue weighted by Gasteiger charge is 2.15. The van der Waals surface area contributed by atoms with Gasteiger partial charge in [-0.2, -0.15) is 0 Å². The van der Waals surface area contributed by atoms with E-state index in [1.165, 1.54) is 6.07 Å². The lowest BCUT2D eigenvalue weighted by Crippen LogP contribution is -2.04. The summed E-state index contributed by atoms with van der Waals surface area (Å²) in [5.74, 6) is -0.629. The molecule has 5 heteroatoms. The number of hydrogen-bond acceptors (Lipinski definition) is 3. The largest absolute Gasteiger partial charge is 0.397 e. The Morgan fingerprint density at radius 2 is 1.90 bits per heavy atom. The standard InChI is InChI=1S/C15H17ClFN3/c1-2-5-9-6-3-4-7-12(9)20-15-11(19)8-10(18)13(16)14(15)17/h3-4,6-8,20H,2,5,18-19H2,1H3. The Morgan fingerprint density at radius 1 is 1.20 bits per heavy atom. The van der Waals surface area contributed by atoms with E-state index in [4.69, 9.17) is 23.1 Å². The van der Waals surface area contributed by atoms with E-state index in [-0.39, 0.29) is 22.1 Å². The minimum atomic E-state index is -0.629. The highest BCUT2D eigenvalue weighted by Crippen LogP contribution is 2.36. The highest BCUT2D eigenvalue weighted by atomic mass is 35.5. The lowest BCUT2D eigenvalue weighted by atomic mass is 10.1. The molecule has 20 heavy (non-hydrogen) atoms. The summed E-state index contributed by atoms with van der Waals surface area (Å²) in [6.07, 6.45) is 1.90. The molecule has 0 fully saturated rings. The molecule has 0 spiro atoms. The number of aryl methyl sites for hydroxylation is 1. The fraction of sp³-hybridized carbons (Fsp3) is 0.200. The second-order valence-corrected chi connectivity index (χ2v) is 4.97. The first kappa shape index (κ1) is 14.5. The van der Waals surface area contributed by atoms with Gasteiger partial charge in [0.25, 0.3) is 0 Å². The number of rotatable bonds is 4. The van der Waals surface area contributed by atoms with Crippen molar-refractivity contribution in [2.75, 3.05) is 16.8 Å². The van der Waals surface area contributed by atoms with Gasteiger partial charge < -0.3 is 16.8 Å². The molecule has 0 atom stereocenters. The first-order chi connectivity index (χ1) is 9.54. The van der Waals surface area contributed by atoms with Crippen molar-refractivity contribution in [3.63, 3.8) is 0 Å². The second kappa shape index (κ2) is 6.01. The van der Waals surface area contributed by atoms with Crippen LogP contribution < -0.4 is 16.8 Å². The third kappa shape index (κ3) is 2.80. The van der Waals surface area contributed by atoms with E-state index >= 15 is 0 Å². The summed E-state index contributed by atoms with van der Waals surface area (Å²) in [5, 5.41) is 2.91. The van der Waals surface area contributed by atoms with Gasteiger partial charge in [0.1, 0.15) is 5.02 Å². The van der Waals surface area contributed by atoms with Crippen LogP contribution in [0.2, 0.25) is 5.02 Å². The maximum atomic E-state index is 14.2. The molecular weight excluding hydrogens is 277 g/mol. The molecule has 0 aliphatic rings. The topological polar surface area (TPSA) is 64.1 Å². The number of nitrogen functional groups attached to an aromatic ring is 2. The molecule has 3 nitrogen and oxygen atoms in total. The number of benzene rings is 2. The Kier molecular flexibility index (Phi) is 4.35. The van der Waals surface area contributed by atoms with Gasteiger partial charge in [0.2, 0.25) is 0 Å². The SMILES string of the molecule is CCCc1ccccc1Nc1c(N)cc(N)c(Cl)c1F. The molecule has 0 heterocycles. The van der Waals surface area contributed by atoms with E-state index in [2.05, 4.69) is 12.2 Å². The number of nitrogens with one attached hydrogen (secondary N) is 1. The third-order valence-electron chi connectivity index (χ3n) is 3.06. The van der Waals surface area contributed by atoms with Crippen molar-refractivity contribution in [2.24, 2.45) is 0 Å². The molecule has 0 saturated carbocycles. The van der Waals surface area contributed by atoms with Gasteiger partial charge in [-0.15, -0.1) is 0 Å². The zero-order valence-corrected chi connectivity index (χ0v) is 12.0. The fourth-order valence-electron chi connectivity index (χ4n) is 2.06. The maximum Gasteiger partial charge on any atom is 0.169 e. The lowest BCUT2D eigenvalue weighted by Gasteiger charge is -2.15. The van der Waals surface area contributed by atoms with Gasteiger partial charge in [0, 0.05) is 5.69 Å². The molecular formula is C15H17ClFN3. The average molecular weight is 294 g/mol. The molecule has 0 saturated heterocycles. The van der Waals surface area contributed by atoms with Gasteiger partial charge >= 0.3 is 0 Å². The summed E-state index contributed by atoms with van der Waals surface area (Å²) >= 11 is 5.83. The normalized spacial score (nSPS) is 10.6. The van der Waals surface area contributed by atoms with Crippen LogP contribution in [0.25, 0.3) is 0 Å². The molecule has 0 amide bonds. The van der Waals surface area contributed by atoms with Crippen LogP contribution in [-0.4, -0.2) is 0 Å². The van der Waals surface area contributed by atoms with Crippen molar-refractivity contribution in [3.8, 4) is 0 Å². The summed E-state index contributed by atoms with van der Waals surface area (Å²) in [6, 6.07) is 9.17. The van der Waals surface area contributed by atoms with Crippen LogP contribution >= 0.6 is 11.6 Å². The second-order valence-electron chi connectivity index (χ2n) is 4.59. The summed E-state index contributed by atoms with van der Waals surface area (Å²) in [6.45, 7) is 2.09. The Balaban J connectivity index is 2.43. The van der Waals surface area contributed by atoms with Crippen molar-refractivity contribution < 1.29 is 4.39 Å². The molecule has 0 bridgehead atoms. The van der Waals surface area contributed by atoms with Crippen LogP contribution in [0.1, 0.15) is 18.9 Å². The zero-order chi connectivity index (χ0) is 14.7. The van der Waals surface area contributed by atoms with E-state index in [1.807, 2.05) is 24.3 Å². The first-order valence-corrected chi connectivity index (χ1v) is 6.80. The molecule has 5 N–H and O–H groups in total. The van der Waals surface area contributed by atoms with Gasteiger partial charge in [-0.25, -0.2) is 4.39 Å². The molecule has 0 aliphatic heterocycles. The highest BCUT2D eigenvalue weighted by molar-refractivity contribution is 6.33. The molecule has 0 unspecified atom stereocenters. The first-order valence-electron chi connectivity index (χ1n) is 6.42. The van der Waals surface area contributed by atoms with E-state index in [1.54, 1.807) is 0 Å². The predicted molar refractivity (Wildman–Crippen MR) is 84.0 cm³/mol. The Hall–Kier alpha value is -1.94. The fourth-order valence-corrected chi connectivity index (χ4v) is 2.21. The summed E-state index contributed by atoms with van der Waals surface area (Å²) in [5.41, 5.74) is 13.8. The van der Waals surface area contributed by atoms with Gasteiger partial charge in [0.05, 0.1) is 17.1 Å². The minimum absolute atomic E-state index is 0.116. The van der Waals surface area contributed by atoms with Crippen LogP contribution in [-0.2, 0) is 6.42 Å². The van der Waals surface area contributed by atoms with Crippen LogP contribution in [0.4, 0.5) is 27.1 Å². The molecule has 2 rings (SSSR count). The predicted octanol–water partition coefficient (Wildman–Crippen LogP) is 4.34. The van der Waals surface area contributed by atoms with Crippen LogP contribution in [0.15, 0.2) is 30.3 Å². The number of hydrogen-bond donors (Lipinski definition) is 3. The maximum absolute atomic E-state index is 14.2. The number of para-hydroxylation sites is 1. The van der Waals surface area contributed by atoms with Crippen molar-refractivity contribution >= 4 is 34.4 Å². The average Bonchev–Trinajstić information content (AvgIpc) is 2.43. The van der Waals surface area contributed by atoms with Crippen molar-refractivity contribution in [1.29, 1.82) is 0 Å². The monoisotopic (exact) mass is 293 g/mol. The van der Waals surface area contributed by atoms with Gasteiger partial charge in [-0.1, -0.05) is 43.1 Å². The zero-order valence-electron chi connectivity index (χ0n) is 11.2. The molecule has 2 aromatic rings. The molecule has 106 valence electrons. The Labute approximate surface area is 122 Å². The molecule has 0 radical (unpaired) electrons. The van der Waals surface area contributed by atoms with Gasteiger partial charge in [-0.05, 0) is 24.1 Å². The van der Waals surface area contributed by atoms with Crippen LogP contribution in [0.3, 0.4) is 0 Å². The van der Waals surface area contributed by atoms with Crippen LogP contribution in [0, 0.1) is 5.82 Å². The summed E-state index contributed by atoms with van der Waals surface area (Å²) in [7, 11) is 0. The van der Waals surface area contributed by atoms with Gasteiger partial charge in [0.15, 0.2) is 5.82 Å². The summed E-state index contributed by atoms with van der Waals surface area (Å²) < 4.78 is 14.2. The molecule has 0 aliphatic carbocycles. The van der Waals surface area contributed by atoms with E-state index < -0.39 is 5.82 Å². The quantitative estimate of drug-likeness (QED) is 0.735. The number of halogens is 2. The molecule has 0 aromatic heterocycles. The van der Waals surface area contributed by atoms with Crippen LogP contribution in [0.5, 0.6) is 0 Å². The molecule has 2 aromatic carbocycles. The minimum Gasteiger partial charge on any atom is -0.397 e. The summed E-state index contributed by atoms with van der Waals surface area (Å²) in [4.78, 5) is 0. The lowest BCUT2D eigenvalue weighted by molar-refractivity contribution is 0.633. The Morgan fingerprint density at radius 3 is 2.60 bits per heavy atom. The third-order valence-corrected chi connectivity index (χ3v) is 3.45. The number of nitrogens with two attached hydrogens (primary N) is 2. The smallest absolute Gasteiger partial charge is 0.169 e.